The van der Waals surface area contributed by atoms with Crippen LogP contribution in [0.3, 0.4) is 0 Å². The molecule has 0 amide bonds. The molecular weight excluding hydrogens is 576 g/mol. The summed E-state index contributed by atoms with van der Waals surface area (Å²) in [6.07, 6.45) is 1.98. The van der Waals surface area contributed by atoms with Crippen LogP contribution in [0.1, 0.15) is 0 Å². The van der Waals surface area contributed by atoms with Crippen LogP contribution in [-0.4, -0.2) is 19.9 Å². The number of aromatic nitrogens is 4. The monoisotopic (exact) mass is 600 g/mol. The third-order valence-corrected chi connectivity index (χ3v) is 9.15. The highest BCUT2D eigenvalue weighted by Crippen LogP contribution is 2.40. The Balaban J connectivity index is 1.28. The Bertz CT molecular complexity index is 2860. The molecule has 0 fully saturated rings. The molecule has 0 saturated carbocycles. The van der Waals surface area contributed by atoms with Crippen LogP contribution in [0, 0.1) is 0 Å². The van der Waals surface area contributed by atoms with Gasteiger partial charge >= 0.3 is 0 Å². The van der Waals surface area contributed by atoms with Gasteiger partial charge in [0.1, 0.15) is 11.2 Å². The van der Waals surface area contributed by atoms with Crippen LogP contribution in [0.4, 0.5) is 0 Å². The number of pyridine rings is 1. The smallest absolute Gasteiger partial charge is 0.164 e. The minimum atomic E-state index is 0.594. The van der Waals surface area contributed by atoms with E-state index < -0.39 is 0 Å². The maximum atomic E-state index is 6.52. The van der Waals surface area contributed by atoms with Crippen LogP contribution in [0.5, 0.6) is 0 Å². The SMILES string of the molecule is c1ccc(-c2nc(-c3cccc4ccc5c6ccccc6ncc5c34)nc(-c3cccc4oc5c6ccccc6ccc5c34)n2)cc1. The lowest BCUT2D eigenvalue weighted by atomic mass is 9.96. The molecule has 0 aliphatic heterocycles. The van der Waals surface area contributed by atoms with Crippen LogP contribution in [-0.2, 0) is 0 Å². The van der Waals surface area contributed by atoms with Crippen molar-refractivity contribution in [2.24, 2.45) is 0 Å². The van der Waals surface area contributed by atoms with Crippen molar-refractivity contribution in [3.8, 4) is 34.2 Å². The summed E-state index contributed by atoms with van der Waals surface area (Å²) >= 11 is 0. The van der Waals surface area contributed by atoms with E-state index in [2.05, 4.69) is 84.9 Å². The Labute approximate surface area is 268 Å². The standard InChI is InChI=1S/C42H24N4O/c1-2-11-27(12-3-1)40-44-41(32-16-8-13-26-21-22-29-30-15-6-7-18-35(30)43-24-34(29)37(26)32)46-42(45-40)33-17-9-19-36-38(33)31-23-20-25-10-4-5-14-28(25)39(31)47-36/h1-24H. The average Bonchev–Trinajstić information content (AvgIpc) is 3.54. The number of rotatable bonds is 3. The first kappa shape index (κ1) is 25.8. The van der Waals surface area contributed by atoms with Crippen molar-refractivity contribution in [1.82, 2.24) is 19.9 Å². The fraction of sp³-hybridized carbons (Fsp3) is 0. The lowest BCUT2D eigenvalue weighted by molar-refractivity contribution is 0.672. The van der Waals surface area contributed by atoms with E-state index in [9.17, 15) is 0 Å². The number of hydrogen-bond donors (Lipinski definition) is 0. The van der Waals surface area contributed by atoms with Crippen LogP contribution in [0.2, 0.25) is 0 Å². The molecule has 47 heavy (non-hydrogen) atoms. The van der Waals surface area contributed by atoms with Crippen molar-refractivity contribution in [2.45, 2.75) is 0 Å². The molecular formula is C42H24N4O. The molecule has 10 rings (SSSR count). The summed E-state index contributed by atoms with van der Waals surface area (Å²) in [4.78, 5) is 20.3. The summed E-state index contributed by atoms with van der Waals surface area (Å²) in [6, 6.07) is 47.8. The first-order valence-electron chi connectivity index (χ1n) is 15.6. The number of furan rings is 1. The number of para-hydroxylation sites is 1. The minimum Gasteiger partial charge on any atom is -0.455 e. The Morgan fingerprint density at radius 1 is 0.404 bits per heavy atom. The number of nitrogens with zero attached hydrogens (tertiary/aromatic N) is 4. The molecule has 0 N–H and O–H groups in total. The van der Waals surface area contributed by atoms with Crippen molar-refractivity contribution in [3.63, 3.8) is 0 Å². The van der Waals surface area contributed by atoms with Gasteiger partial charge in [0.15, 0.2) is 17.5 Å². The zero-order valence-corrected chi connectivity index (χ0v) is 25.1. The number of hydrogen-bond acceptors (Lipinski definition) is 5. The highest BCUT2D eigenvalue weighted by Gasteiger charge is 2.20. The van der Waals surface area contributed by atoms with Crippen molar-refractivity contribution < 1.29 is 4.42 Å². The summed E-state index contributed by atoms with van der Waals surface area (Å²) in [5.74, 6) is 1.81. The summed E-state index contributed by atoms with van der Waals surface area (Å²) < 4.78 is 6.52. The molecule has 3 aromatic heterocycles. The summed E-state index contributed by atoms with van der Waals surface area (Å²) in [5, 5.41) is 9.74. The molecule has 3 heterocycles. The van der Waals surface area contributed by atoms with Gasteiger partial charge in [-0.05, 0) is 34.4 Å². The van der Waals surface area contributed by atoms with Crippen LogP contribution in [0.25, 0.3) is 99.3 Å². The van der Waals surface area contributed by atoms with Crippen molar-refractivity contribution in [3.05, 3.63) is 146 Å². The van der Waals surface area contributed by atoms with Gasteiger partial charge in [-0.3, -0.25) is 4.98 Å². The van der Waals surface area contributed by atoms with E-state index in [0.29, 0.717) is 17.5 Å². The van der Waals surface area contributed by atoms with Gasteiger partial charge in [-0.25, -0.2) is 15.0 Å². The molecule has 7 aromatic carbocycles. The van der Waals surface area contributed by atoms with E-state index in [0.717, 1.165) is 81.8 Å². The fourth-order valence-electron chi connectivity index (χ4n) is 6.98. The Hall–Kier alpha value is -6.46. The van der Waals surface area contributed by atoms with Gasteiger partial charge in [-0.15, -0.1) is 0 Å². The van der Waals surface area contributed by atoms with Gasteiger partial charge in [-0.2, -0.15) is 0 Å². The fourth-order valence-corrected chi connectivity index (χ4v) is 6.98. The first-order valence-corrected chi connectivity index (χ1v) is 15.6. The predicted molar refractivity (Wildman–Crippen MR) is 191 cm³/mol. The Morgan fingerprint density at radius 2 is 1.06 bits per heavy atom. The van der Waals surface area contributed by atoms with Crippen LogP contribution in [0.15, 0.2) is 150 Å². The summed E-state index contributed by atoms with van der Waals surface area (Å²) in [7, 11) is 0. The van der Waals surface area contributed by atoms with Gasteiger partial charge in [0, 0.05) is 55.2 Å². The zero-order chi connectivity index (χ0) is 30.9. The van der Waals surface area contributed by atoms with Gasteiger partial charge in [0.25, 0.3) is 0 Å². The Morgan fingerprint density at radius 3 is 1.94 bits per heavy atom. The van der Waals surface area contributed by atoms with Gasteiger partial charge in [-0.1, -0.05) is 121 Å². The molecule has 0 aliphatic carbocycles. The largest absolute Gasteiger partial charge is 0.455 e. The predicted octanol–water partition coefficient (Wildman–Crippen LogP) is 10.8. The van der Waals surface area contributed by atoms with E-state index in [-0.39, 0.29) is 0 Å². The lowest BCUT2D eigenvalue weighted by Gasteiger charge is -2.13. The van der Waals surface area contributed by atoms with Crippen LogP contribution < -0.4 is 0 Å². The molecule has 0 saturated heterocycles. The van der Waals surface area contributed by atoms with Crippen molar-refractivity contribution >= 4 is 65.2 Å². The topological polar surface area (TPSA) is 64.7 Å². The lowest BCUT2D eigenvalue weighted by Crippen LogP contribution is -2.01. The second kappa shape index (κ2) is 10.0. The van der Waals surface area contributed by atoms with E-state index in [1.807, 2.05) is 60.8 Å². The maximum Gasteiger partial charge on any atom is 0.164 e. The molecule has 0 radical (unpaired) electrons. The first-order chi connectivity index (χ1) is 23.3. The third-order valence-electron chi connectivity index (χ3n) is 9.15. The molecule has 0 atom stereocenters. The van der Waals surface area contributed by atoms with Gasteiger partial charge in [0.2, 0.25) is 0 Å². The van der Waals surface area contributed by atoms with E-state index in [1.54, 1.807) is 0 Å². The zero-order valence-electron chi connectivity index (χ0n) is 25.1. The highest BCUT2D eigenvalue weighted by atomic mass is 16.3. The molecule has 218 valence electrons. The van der Waals surface area contributed by atoms with Crippen molar-refractivity contribution in [1.29, 1.82) is 0 Å². The highest BCUT2D eigenvalue weighted by molar-refractivity contribution is 6.20. The summed E-state index contributed by atoms with van der Waals surface area (Å²) in [6.45, 7) is 0. The van der Waals surface area contributed by atoms with Crippen molar-refractivity contribution in [2.75, 3.05) is 0 Å². The average molecular weight is 601 g/mol. The normalized spacial score (nSPS) is 11.8. The summed E-state index contributed by atoms with van der Waals surface area (Å²) in [5.41, 5.74) is 5.38. The van der Waals surface area contributed by atoms with E-state index >= 15 is 0 Å². The molecule has 5 heteroatoms. The maximum absolute atomic E-state index is 6.52. The Kier molecular flexibility index (Phi) is 5.51. The number of benzene rings is 7. The quantitative estimate of drug-likeness (QED) is 0.189. The van der Waals surface area contributed by atoms with Crippen LogP contribution >= 0.6 is 0 Å². The molecule has 5 nitrogen and oxygen atoms in total. The number of fused-ring (bicyclic) bond motifs is 10. The van der Waals surface area contributed by atoms with E-state index in [4.69, 9.17) is 24.4 Å². The second-order valence-electron chi connectivity index (χ2n) is 11.8. The molecule has 0 bridgehead atoms. The third kappa shape index (κ3) is 3.97. The van der Waals surface area contributed by atoms with E-state index in [1.165, 1.54) is 0 Å². The second-order valence-corrected chi connectivity index (χ2v) is 11.8. The molecule has 10 aromatic rings. The molecule has 0 unspecified atom stereocenters. The molecule has 0 spiro atoms. The minimum absolute atomic E-state index is 0.594. The van der Waals surface area contributed by atoms with Gasteiger partial charge in [0.05, 0.1) is 5.52 Å². The molecule has 0 aliphatic rings. The van der Waals surface area contributed by atoms with Gasteiger partial charge < -0.3 is 4.42 Å².